The van der Waals surface area contributed by atoms with Crippen LogP contribution in [0.1, 0.15) is 29.4 Å². The molecule has 0 saturated heterocycles. The van der Waals surface area contributed by atoms with Gasteiger partial charge in [-0.15, -0.1) is 0 Å². The van der Waals surface area contributed by atoms with Gasteiger partial charge in [-0.05, 0) is 17.7 Å². The van der Waals surface area contributed by atoms with Crippen molar-refractivity contribution in [3.8, 4) is 17.0 Å². The molecule has 0 amide bonds. The first-order valence-corrected chi connectivity index (χ1v) is 7.27. The number of aliphatic hydroxyl groups is 1. The molecule has 0 fully saturated rings. The first kappa shape index (κ1) is 16.1. The molecule has 1 N–H and O–H groups in total. The van der Waals surface area contributed by atoms with Gasteiger partial charge >= 0.3 is 0 Å². The van der Waals surface area contributed by atoms with Crippen molar-refractivity contribution in [1.29, 1.82) is 0 Å². The van der Waals surface area contributed by atoms with Gasteiger partial charge in [0.25, 0.3) is 6.43 Å². The van der Waals surface area contributed by atoms with Gasteiger partial charge in [0.15, 0.2) is 0 Å². The van der Waals surface area contributed by atoms with Crippen LogP contribution in [-0.4, -0.2) is 17.4 Å². The van der Waals surface area contributed by atoms with E-state index in [1.807, 2.05) is 0 Å². The number of hydrogen-bond donors (Lipinski definition) is 1. The molecule has 0 aliphatic carbocycles. The van der Waals surface area contributed by atoms with E-state index in [1.165, 1.54) is 7.11 Å². The van der Waals surface area contributed by atoms with Crippen LogP contribution < -0.4 is 4.74 Å². The van der Waals surface area contributed by atoms with Crippen molar-refractivity contribution in [3.05, 3.63) is 71.5 Å². The van der Waals surface area contributed by atoms with Crippen molar-refractivity contribution in [3.63, 3.8) is 0 Å². The summed E-state index contributed by atoms with van der Waals surface area (Å²) in [6.07, 6.45) is -4.17. The summed E-state index contributed by atoms with van der Waals surface area (Å²) >= 11 is 0. The van der Waals surface area contributed by atoms with Crippen LogP contribution in [0.2, 0.25) is 0 Å². The third kappa shape index (κ3) is 3.00. The van der Waals surface area contributed by atoms with E-state index in [1.54, 1.807) is 54.6 Å². The van der Waals surface area contributed by atoms with Gasteiger partial charge in [0.05, 0.1) is 12.7 Å². The number of nitrogens with zero attached hydrogens (tertiary/aromatic N) is 1. The van der Waals surface area contributed by atoms with E-state index in [4.69, 9.17) is 9.26 Å². The lowest BCUT2D eigenvalue weighted by molar-refractivity contribution is 0.105. The van der Waals surface area contributed by atoms with Gasteiger partial charge in [-0.1, -0.05) is 47.6 Å². The maximum absolute atomic E-state index is 13.3. The van der Waals surface area contributed by atoms with Gasteiger partial charge in [-0.3, -0.25) is 0 Å². The quantitative estimate of drug-likeness (QED) is 0.754. The van der Waals surface area contributed by atoms with Gasteiger partial charge in [0.1, 0.15) is 17.5 Å². The number of aromatic nitrogens is 1. The smallest absolute Gasteiger partial charge is 0.298 e. The molecule has 0 bridgehead atoms. The summed E-state index contributed by atoms with van der Waals surface area (Å²) in [7, 11) is 1.52. The van der Waals surface area contributed by atoms with Gasteiger partial charge in [-0.25, -0.2) is 8.78 Å². The third-order valence-electron chi connectivity index (χ3n) is 3.71. The normalized spacial score (nSPS) is 12.4. The monoisotopic (exact) mass is 331 g/mol. The molecule has 1 atom stereocenters. The van der Waals surface area contributed by atoms with E-state index in [0.29, 0.717) is 16.9 Å². The van der Waals surface area contributed by atoms with Crippen molar-refractivity contribution in [2.24, 2.45) is 0 Å². The molecule has 3 aromatic rings. The molecule has 0 saturated carbocycles. The summed E-state index contributed by atoms with van der Waals surface area (Å²) in [5.74, 6) is -0.0224. The minimum Gasteiger partial charge on any atom is -0.497 e. The number of aliphatic hydroxyl groups excluding tert-OH is 1. The molecule has 1 aromatic heterocycles. The minimum absolute atomic E-state index is 0.0265. The lowest BCUT2D eigenvalue weighted by atomic mass is 9.96. The summed E-state index contributed by atoms with van der Waals surface area (Å²) in [6.45, 7) is 0. The second-order valence-corrected chi connectivity index (χ2v) is 5.15. The summed E-state index contributed by atoms with van der Waals surface area (Å²) in [5, 5.41) is 14.4. The van der Waals surface area contributed by atoms with E-state index >= 15 is 0 Å². The Labute approximate surface area is 137 Å². The van der Waals surface area contributed by atoms with E-state index < -0.39 is 18.3 Å². The zero-order valence-corrected chi connectivity index (χ0v) is 12.8. The molecule has 0 spiro atoms. The molecule has 0 aliphatic heterocycles. The molecular weight excluding hydrogens is 316 g/mol. The number of halogens is 2. The average molecular weight is 331 g/mol. The van der Waals surface area contributed by atoms with E-state index in [0.717, 1.165) is 0 Å². The highest BCUT2D eigenvalue weighted by atomic mass is 19.3. The molecular formula is C18H15F2NO3. The molecule has 1 heterocycles. The highest BCUT2D eigenvalue weighted by Gasteiger charge is 2.30. The number of ether oxygens (including phenoxy) is 1. The largest absolute Gasteiger partial charge is 0.497 e. The maximum atomic E-state index is 13.3. The lowest BCUT2D eigenvalue weighted by Crippen LogP contribution is -2.04. The van der Waals surface area contributed by atoms with Crippen LogP contribution in [0.4, 0.5) is 8.78 Å². The fraction of sp³-hybridized carbons (Fsp3) is 0.167. The minimum atomic E-state index is -2.88. The summed E-state index contributed by atoms with van der Waals surface area (Å²) < 4.78 is 36.4. The van der Waals surface area contributed by atoms with E-state index in [-0.39, 0.29) is 11.3 Å². The zero-order valence-electron chi connectivity index (χ0n) is 12.8. The van der Waals surface area contributed by atoms with Crippen LogP contribution >= 0.6 is 0 Å². The molecule has 0 aliphatic rings. The SMILES string of the molecule is COc1ccc(C(O)c2c(-c3ccccc3)noc2C(F)F)cc1. The number of rotatable bonds is 5. The molecule has 2 aromatic carbocycles. The second-order valence-electron chi connectivity index (χ2n) is 5.15. The number of alkyl halides is 2. The fourth-order valence-electron chi connectivity index (χ4n) is 2.49. The van der Waals surface area contributed by atoms with Crippen molar-refractivity contribution in [1.82, 2.24) is 5.16 Å². The predicted molar refractivity (Wildman–Crippen MR) is 84.0 cm³/mol. The highest BCUT2D eigenvalue weighted by molar-refractivity contribution is 5.65. The third-order valence-corrected chi connectivity index (χ3v) is 3.71. The first-order valence-electron chi connectivity index (χ1n) is 7.27. The summed E-state index contributed by atoms with van der Waals surface area (Å²) in [6, 6.07) is 15.3. The Kier molecular flexibility index (Phi) is 4.57. The molecule has 124 valence electrons. The van der Waals surface area contributed by atoms with Crippen LogP contribution in [0.25, 0.3) is 11.3 Å². The number of benzene rings is 2. The molecule has 1 unspecified atom stereocenters. The zero-order chi connectivity index (χ0) is 17.1. The van der Waals surface area contributed by atoms with Crippen LogP contribution in [0, 0.1) is 0 Å². The fourth-order valence-corrected chi connectivity index (χ4v) is 2.49. The van der Waals surface area contributed by atoms with Crippen molar-refractivity contribution >= 4 is 0 Å². The van der Waals surface area contributed by atoms with Crippen molar-refractivity contribution in [2.45, 2.75) is 12.5 Å². The van der Waals surface area contributed by atoms with Crippen LogP contribution in [-0.2, 0) is 0 Å². The Balaban J connectivity index is 2.08. The van der Waals surface area contributed by atoms with Gasteiger partial charge < -0.3 is 14.4 Å². The Morgan fingerprint density at radius 1 is 1.04 bits per heavy atom. The molecule has 6 heteroatoms. The van der Waals surface area contributed by atoms with Crippen molar-refractivity contribution in [2.75, 3.05) is 7.11 Å². The maximum Gasteiger partial charge on any atom is 0.298 e. The Hall–Kier alpha value is -2.73. The Bertz CT molecular complexity index is 801. The molecule has 4 nitrogen and oxygen atoms in total. The second kappa shape index (κ2) is 6.80. The predicted octanol–water partition coefficient (Wildman–Crippen LogP) is 4.37. The average Bonchev–Trinajstić information content (AvgIpc) is 3.07. The molecule has 0 radical (unpaired) electrons. The van der Waals surface area contributed by atoms with Gasteiger partial charge in [-0.2, -0.15) is 0 Å². The number of methoxy groups -OCH3 is 1. The Morgan fingerprint density at radius 2 is 1.71 bits per heavy atom. The van der Waals surface area contributed by atoms with Gasteiger partial charge in [0.2, 0.25) is 5.76 Å². The first-order chi connectivity index (χ1) is 11.6. The Morgan fingerprint density at radius 3 is 2.29 bits per heavy atom. The topological polar surface area (TPSA) is 55.5 Å². The van der Waals surface area contributed by atoms with E-state index in [9.17, 15) is 13.9 Å². The highest BCUT2D eigenvalue weighted by Crippen LogP contribution is 2.38. The number of hydrogen-bond acceptors (Lipinski definition) is 4. The van der Waals surface area contributed by atoms with E-state index in [2.05, 4.69) is 5.16 Å². The lowest BCUT2D eigenvalue weighted by Gasteiger charge is -2.13. The van der Waals surface area contributed by atoms with Crippen molar-refractivity contribution < 1.29 is 23.1 Å². The van der Waals surface area contributed by atoms with Crippen LogP contribution in [0.15, 0.2) is 59.1 Å². The summed E-state index contributed by atoms with van der Waals surface area (Å²) in [4.78, 5) is 0. The molecule has 24 heavy (non-hydrogen) atoms. The summed E-state index contributed by atoms with van der Waals surface area (Å²) in [5.41, 5.74) is 1.21. The molecule has 3 rings (SSSR count). The van der Waals surface area contributed by atoms with Crippen LogP contribution in [0.3, 0.4) is 0 Å². The van der Waals surface area contributed by atoms with Crippen LogP contribution in [0.5, 0.6) is 5.75 Å². The van der Waals surface area contributed by atoms with Gasteiger partial charge in [0, 0.05) is 5.56 Å². The standard InChI is InChI=1S/C18H15F2NO3/c1-23-13-9-7-12(8-10-13)16(22)14-15(11-5-3-2-4-6-11)21-24-17(14)18(19)20/h2-10,16,18,22H,1H3.